The van der Waals surface area contributed by atoms with Crippen molar-refractivity contribution in [1.82, 2.24) is 0 Å². The number of hydrogen-bond donors (Lipinski definition) is 1. The number of para-hydroxylation sites is 1. The molecule has 0 bridgehead atoms. The number of carbonyl (C=O) groups is 1. The Morgan fingerprint density at radius 1 is 1.24 bits per heavy atom. The summed E-state index contributed by atoms with van der Waals surface area (Å²) in [5, 5.41) is 9.12. The van der Waals surface area contributed by atoms with Crippen LogP contribution in [0.1, 0.15) is 21.5 Å². The molecular formula is C16H16O4S. The zero-order valence-corrected chi connectivity index (χ0v) is 12.6. The smallest absolute Gasteiger partial charge is 0.335 e. The molecule has 0 spiro atoms. The molecule has 5 heteroatoms. The number of carboxylic acid groups (broad SMARTS) is 1. The molecule has 0 aliphatic heterocycles. The van der Waals surface area contributed by atoms with E-state index in [1.54, 1.807) is 26.2 Å². The Morgan fingerprint density at radius 3 is 2.62 bits per heavy atom. The summed E-state index contributed by atoms with van der Waals surface area (Å²) in [4.78, 5) is 11.6. The van der Waals surface area contributed by atoms with Crippen molar-refractivity contribution in [2.24, 2.45) is 0 Å². The van der Waals surface area contributed by atoms with Gasteiger partial charge in [0.2, 0.25) is 0 Å². The van der Waals surface area contributed by atoms with Crippen molar-refractivity contribution < 1.29 is 18.8 Å². The van der Waals surface area contributed by atoms with Crippen LogP contribution >= 0.6 is 0 Å². The van der Waals surface area contributed by atoms with Gasteiger partial charge in [0.25, 0.3) is 0 Å². The quantitative estimate of drug-likeness (QED) is 0.922. The summed E-state index contributed by atoms with van der Waals surface area (Å²) >= 11 is 0. The summed E-state index contributed by atoms with van der Waals surface area (Å²) in [6.07, 6.45) is 0. The summed E-state index contributed by atoms with van der Waals surface area (Å²) in [7, 11) is 0.241. The number of methoxy groups -OCH3 is 1. The predicted molar refractivity (Wildman–Crippen MR) is 81.2 cm³/mol. The van der Waals surface area contributed by atoms with Crippen LogP contribution in [0, 0.1) is 6.92 Å². The molecule has 0 saturated carbocycles. The van der Waals surface area contributed by atoms with Crippen LogP contribution in [0.15, 0.2) is 47.4 Å². The fourth-order valence-corrected chi connectivity index (χ4v) is 3.18. The third-order valence-corrected chi connectivity index (χ3v) is 4.53. The van der Waals surface area contributed by atoms with Gasteiger partial charge in [-0.1, -0.05) is 24.3 Å². The van der Waals surface area contributed by atoms with Crippen molar-refractivity contribution in [3.8, 4) is 5.75 Å². The van der Waals surface area contributed by atoms with Crippen molar-refractivity contribution in [3.05, 3.63) is 59.2 Å². The molecule has 0 saturated heterocycles. The van der Waals surface area contributed by atoms with Gasteiger partial charge in [0.15, 0.2) is 0 Å². The Bertz CT molecular complexity index is 694. The lowest BCUT2D eigenvalue weighted by Crippen LogP contribution is -2.04. The molecule has 1 atom stereocenters. The third kappa shape index (κ3) is 3.49. The molecule has 0 heterocycles. The first-order valence-electron chi connectivity index (χ1n) is 6.37. The number of aromatic carboxylic acids is 1. The molecule has 0 radical (unpaired) electrons. The van der Waals surface area contributed by atoms with Gasteiger partial charge in [0.1, 0.15) is 5.75 Å². The van der Waals surface area contributed by atoms with E-state index in [9.17, 15) is 9.00 Å². The highest BCUT2D eigenvalue weighted by molar-refractivity contribution is 7.84. The van der Waals surface area contributed by atoms with E-state index < -0.39 is 16.8 Å². The number of hydrogen-bond acceptors (Lipinski definition) is 3. The number of rotatable bonds is 5. The fraction of sp³-hybridized carbons (Fsp3) is 0.188. The molecule has 0 aliphatic carbocycles. The van der Waals surface area contributed by atoms with Crippen molar-refractivity contribution >= 4 is 16.8 Å². The summed E-state index contributed by atoms with van der Waals surface area (Å²) in [6.45, 7) is 1.72. The van der Waals surface area contributed by atoms with Gasteiger partial charge < -0.3 is 9.84 Å². The minimum absolute atomic E-state index is 0.181. The van der Waals surface area contributed by atoms with Crippen LogP contribution in [-0.2, 0) is 16.6 Å². The van der Waals surface area contributed by atoms with Crippen LogP contribution in [0.25, 0.3) is 0 Å². The van der Waals surface area contributed by atoms with Gasteiger partial charge in [-0.25, -0.2) is 4.79 Å². The van der Waals surface area contributed by atoms with E-state index in [2.05, 4.69) is 0 Å². The minimum atomic E-state index is -1.32. The summed E-state index contributed by atoms with van der Waals surface area (Å²) in [5.74, 6) is -0.0494. The lowest BCUT2D eigenvalue weighted by molar-refractivity contribution is 0.0696. The van der Waals surface area contributed by atoms with Crippen molar-refractivity contribution in [2.45, 2.75) is 17.6 Å². The molecule has 21 heavy (non-hydrogen) atoms. The lowest BCUT2D eigenvalue weighted by Gasteiger charge is -2.09. The van der Waals surface area contributed by atoms with Gasteiger partial charge in [-0.05, 0) is 30.7 Å². The number of ether oxygens (including phenoxy) is 1. The largest absolute Gasteiger partial charge is 0.496 e. The van der Waals surface area contributed by atoms with Gasteiger partial charge in [-0.3, -0.25) is 4.21 Å². The second kappa shape index (κ2) is 6.54. The maximum absolute atomic E-state index is 12.4. The monoisotopic (exact) mass is 304 g/mol. The standard InChI is InChI=1S/C16H16O4S/c1-11-7-8-13(9-14(11)16(17)18)21(19)10-12-5-3-4-6-15(12)20-2/h3-9H,10H2,1-2H3,(H,17,18). The SMILES string of the molecule is COc1ccccc1CS(=O)c1ccc(C)c(C(=O)O)c1. The molecule has 0 aliphatic rings. The minimum Gasteiger partial charge on any atom is -0.496 e. The van der Waals surface area contributed by atoms with E-state index in [-0.39, 0.29) is 11.3 Å². The van der Waals surface area contributed by atoms with Gasteiger partial charge >= 0.3 is 5.97 Å². The van der Waals surface area contributed by atoms with Gasteiger partial charge in [-0.2, -0.15) is 0 Å². The van der Waals surface area contributed by atoms with Gasteiger partial charge in [-0.15, -0.1) is 0 Å². The highest BCUT2D eigenvalue weighted by Gasteiger charge is 2.13. The average Bonchev–Trinajstić information content (AvgIpc) is 2.47. The van der Waals surface area contributed by atoms with Crippen LogP contribution in [0.2, 0.25) is 0 Å². The van der Waals surface area contributed by atoms with E-state index >= 15 is 0 Å². The first kappa shape index (κ1) is 15.3. The van der Waals surface area contributed by atoms with E-state index in [4.69, 9.17) is 9.84 Å². The Labute approximate surface area is 125 Å². The van der Waals surface area contributed by atoms with Crippen LogP contribution in [0.5, 0.6) is 5.75 Å². The Balaban J connectivity index is 2.29. The lowest BCUT2D eigenvalue weighted by atomic mass is 10.1. The predicted octanol–water partition coefficient (Wildman–Crippen LogP) is 3.01. The van der Waals surface area contributed by atoms with Crippen molar-refractivity contribution in [1.29, 1.82) is 0 Å². The Kier molecular flexibility index (Phi) is 4.75. The average molecular weight is 304 g/mol. The Hall–Kier alpha value is -2.14. The molecule has 2 aromatic rings. The summed E-state index contributed by atoms with van der Waals surface area (Å²) in [5.41, 5.74) is 1.66. The normalized spacial score (nSPS) is 11.9. The molecule has 2 rings (SSSR count). The molecular weight excluding hydrogens is 288 g/mol. The molecule has 1 N–H and O–H groups in total. The molecule has 2 aromatic carbocycles. The second-order valence-corrected chi connectivity index (χ2v) is 6.03. The Morgan fingerprint density at radius 2 is 1.95 bits per heavy atom. The van der Waals surface area contributed by atoms with Gasteiger partial charge in [0.05, 0.1) is 29.2 Å². The second-order valence-electron chi connectivity index (χ2n) is 4.58. The van der Waals surface area contributed by atoms with Crippen LogP contribution in [0.4, 0.5) is 0 Å². The van der Waals surface area contributed by atoms with Crippen molar-refractivity contribution in [2.75, 3.05) is 7.11 Å². The zero-order chi connectivity index (χ0) is 15.4. The van der Waals surface area contributed by atoms with E-state index in [1.165, 1.54) is 6.07 Å². The number of carboxylic acids is 1. The van der Waals surface area contributed by atoms with E-state index in [0.29, 0.717) is 16.2 Å². The maximum atomic E-state index is 12.4. The molecule has 110 valence electrons. The zero-order valence-electron chi connectivity index (χ0n) is 11.8. The number of aryl methyl sites for hydroxylation is 1. The third-order valence-electron chi connectivity index (χ3n) is 3.18. The summed E-state index contributed by atoms with van der Waals surface area (Å²) in [6, 6.07) is 12.2. The highest BCUT2D eigenvalue weighted by atomic mass is 32.2. The topological polar surface area (TPSA) is 63.6 Å². The molecule has 0 fully saturated rings. The fourth-order valence-electron chi connectivity index (χ4n) is 2.02. The van der Waals surface area contributed by atoms with Crippen molar-refractivity contribution in [3.63, 3.8) is 0 Å². The van der Waals surface area contributed by atoms with E-state index in [1.807, 2.05) is 24.3 Å². The van der Waals surface area contributed by atoms with Crippen LogP contribution < -0.4 is 4.74 Å². The van der Waals surface area contributed by atoms with E-state index in [0.717, 1.165) is 5.56 Å². The first-order chi connectivity index (χ1) is 10.0. The highest BCUT2D eigenvalue weighted by Crippen LogP contribution is 2.22. The van der Waals surface area contributed by atoms with Crippen LogP contribution in [0.3, 0.4) is 0 Å². The summed E-state index contributed by atoms with van der Waals surface area (Å²) < 4.78 is 17.7. The molecule has 4 nitrogen and oxygen atoms in total. The molecule has 0 aromatic heterocycles. The maximum Gasteiger partial charge on any atom is 0.335 e. The number of benzene rings is 2. The molecule has 1 unspecified atom stereocenters. The van der Waals surface area contributed by atoms with Gasteiger partial charge in [0, 0.05) is 10.5 Å². The first-order valence-corrected chi connectivity index (χ1v) is 7.69. The van der Waals surface area contributed by atoms with Crippen LogP contribution in [-0.4, -0.2) is 22.4 Å². The molecule has 0 amide bonds.